The fraction of sp³-hybridized carbons (Fsp3) is 0.273. The van der Waals surface area contributed by atoms with E-state index in [1.165, 1.54) is 12.1 Å². The summed E-state index contributed by atoms with van der Waals surface area (Å²) in [6, 6.07) is 17.4. The molecule has 2 aromatic carbocycles. The first-order chi connectivity index (χ1) is 13.5. The van der Waals surface area contributed by atoms with Crippen LogP contribution in [0.25, 0.3) is 16.9 Å². The SMILES string of the molecule is C[C@@H]1CN(C(=O)c2cc(-c3ccc(F)cc3)nn2-c2ccccc2)C[C@H](C)O1. The summed E-state index contributed by atoms with van der Waals surface area (Å²) in [5.41, 5.74) is 2.66. The van der Waals surface area contributed by atoms with E-state index in [1.54, 1.807) is 22.9 Å². The molecule has 0 radical (unpaired) electrons. The maximum atomic E-state index is 13.3. The van der Waals surface area contributed by atoms with E-state index in [1.807, 2.05) is 49.1 Å². The van der Waals surface area contributed by atoms with Crippen molar-refractivity contribution in [1.82, 2.24) is 14.7 Å². The highest BCUT2D eigenvalue weighted by Crippen LogP contribution is 2.24. The average molecular weight is 379 g/mol. The third-order valence-electron chi connectivity index (χ3n) is 4.78. The van der Waals surface area contributed by atoms with Gasteiger partial charge < -0.3 is 9.64 Å². The third-order valence-corrected chi connectivity index (χ3v) is 4.78. The van der Waals surface area contributed by atoms with Crippen molar-refractivity contribution in [3.8, 4) is 16.9 Å². The van der Waals surface area contributed by atoms with Gasteiger partial charge in [-0.05, 0) is 56.3 Å². The normalized spacial score (nSPS) is 19.6. The molecule has 1 fully saturated rings. The van der Waals surface area contributed by atoms with Crippen molar-refractivity contribution in [1.29, 1.82) is 0 Å². The van der Waals surface area contributed by atoms with Crippen LogP contribution in [-0.4, -0.2) is 45.9 Å². The van der Waals surface area contributed by atoms with Crippen LogP contribution in [0.1, 0.15) is 24.3 Å². The molecule has 0 aliphatic carbocycles. The number of carbonyl (C=O) groups is 1. The van der Waals surface area contributed by atoms with Gasteiger partial charge in [0.15, 0.2) is 0 Å². The molecule has 1 aliphatic rings. The van der Waals surface area contributed by atoms with Crippen molar-refractivity contribution in [2.45, 2.75) is 26.1 Å². The Labute approximate surface area is 163 Å². The average Bonchev–Trinajstić information content (AvgIpc) is 3.13. The van der Waals surface area contributed by atoms with Crippen LogP contribution in [0.2, 0.25) is 0 Å². The van der Waals surface area contributed by atoms with Crippen molar-refractivity contribution in [2.75, 3.05) is 13.1 Å². The lowest BCUT2D eigenvalue weighted by Crippen LogP contribution is -2.48. The summed E-state index contributed by atoms with van der Waals surface area (Å²) in [7, 11) is 0. The summed E-state index contributed by atoms with van der Waals surface area (Å²) in [6.45, 7) is 5.01. The Morgan fingerprint density at radius 3 is 2.32 bits per heavy atom. The lowest BCUT2D eigenvalue weighted by atomic mass is 10.1. The van der Waals surface area contributed by atoms with Crippen molar-refractivity contribution < 1.29 is 13.9 Å². The maximum absolute atomic E-state index is 13.3. The van der Waals surface area contributed by atoms with Crippen LogP contribution in [-0.2, 0) is 4.74 Å². The molecule has 0 unspecified atom stereocenters. The lowest BCUT2D eigenvalue weighted by molar-refractivity contribution is -0.0588. The molecule has 4 rings (SSSR count). The Balaban J connectivity index is 1.76. The number of hydrogen-bond donors (Lipinski definition) is 0. The van der Waals surface area contributed by atoms with Gasteiger partial charge in [0.2, 0.25) is 0 Å². The number of benzene rings is 2. The smallest absolute Gasteiger partial charge is 0.272 e. The van der Waals surface area contributed by atoms with Crippen molar-refractivity contribution in [3.05, 3.63) is 72.2 Å². The monoisotopic (exact) mass is 379 g/mol. The van der Waals surface area contributed by atoms with Crippen LogP contribution in [0.4, 0.5) is 4.39 Å². The first-order valence-corrected chi connectivity index (χ1v) is 9.37. The molecule has 2 heterocycles. The number of nitrogens with zero attached hydrogens (tertiary/aromatic N) is 3. The molecule has 0 N–H and O–H groups in total. The highest BCUT2D eigenvalue weighted by atomic mass is 19.1. The zero-order valence-corrected chi connectivity index (χ0v) is 15.9. The Kier molecular flexibility index (Phi) is 4.96. The van der Waals surface area contributed by atoms with Crippen LogP contribution in [0.5, 0.6) is 0 Å². The molecule has 1 amide bonds. The minimum atomic E-state index is -0.307. The minimum Gasteiger partial charge on any atom is -0.372 e. The number of aromatic nitrogens is 2. The summed E-state index contributed by atoms with van der Waals surface area (Å²) >= 11 is 0. The van der Waals surface area contributed by atoms with E-state index in [9.17, 15) is 9.18 Å². The molecule has 6 heteroatoms. The van der Waals surface area contributed by atoms with E-state index in [2.05, 4.69) is 5.10 Å². The van der Waals surface area contributed by atoms with Gasteiger partial charge in [0, 0.05) is 18.7 Å². The van der Waals surface area contributed by atoms with Crippen molar-refractivity contribution in [2.24, 2.45) is 0 Å². The van der Waals surface area contributed by atoms with Gasteiger partial charge in [-0.15, -0.1) is 0 Å². The van der Waals surface area contributed by atoms with Crippen LogP contribution in [0.15, 0.2) is 60.7 Å². The first kappa shape index (κ1) is 18.4. The summed E-state index contributed by atoms with van der Waals surface area (Å²) in [4.78, 5) is 15.1. The zero-order valence-electron chi connectivity index (χ0n) is 15.9. The van der Waals surface area contributed by atoms with Gasteiger partial charge in [-0.1, -0.05) is 18.2 Å². The number of halogens is 1. The molecular weight excluding hydrogens is 357 g/mol. The summed E-state index contributed by atoms with van der Waals surface area (Å²) < 4.78 is 20.7. The van der Waals surface area contributed by atoms with Crippen LogP contribution >= 0.6 is 0 Å². The maximum Gasteiger partial charge on any atom is 0.272 e. The number of hydrogen-bond acceptors (Lipinski definition) is 3. The fourth-order valence-electron chi connectivity index (χ4n) is 3.57. The van der Waals surface area contributed by atoms with Gasteiger partial charge in [0.1, 0.15) is 11.5 Å². The number of ether oxygens (including phenoxy) is 1. The number of rotatable bonds is 3. The molecule has 0 bridgehead atoms. The van der Waals surface area contributed by atoms with E-state index < -0.39 is 0 Å². The molecule has 3 aromatic rings. The number of amides is 1. The number of carbonyl (C=O) groups excluding carboxylic acids is 1. The molecule has 1 saturated heterocycles. The Morgan fingerprint density at radius 2 is 1.68 bits per heavy atom. The second-order valence-corrected chi connectivity index (χ2v) is 7.14. The van der Waals surface area contributed by atoms with E-state index in [0.29, 0.717) is 24.5 Å². The quantitative estimate of drug-likeness (QED) is 0.693. The topological polar surface area (TPSA) is 47.4 Å². The van der Waals surface area contributed by atoms with Crippen LogP contribution in [0.3, 0.4) is 0 Å². The highest BCUT2D eigenvalue weighted by molar-refractivity contribution is 5.94. The molecule has 5 nitrogen and oxygen atoms in total. The van der Waals surface area contributed by atoms with Crippen molar-refractivity contribution >= 4 is 5.91 Å². The Bertz CT molecular complexity index is 959. The highest BCUT2D eigenvalue weighted by Gasteiger charge is 2.29. The Hall–Kier alpha value is -2.99. The first-order valence-electron chi connectivity index (χ1n) is 9.37. The van der Waals surface area contributed by atoms with E-state index in [0.717, 1.165) is 11.3 Å². The number of para-hydroxylation sites is 1. The number of morpholine rings is 1. The summed E-state index contributed by atoms with van der Waals surface area (Å²) in [5, 5.41) is 4.65. The zero-order chi connectivity index (χ0) is 19.7. The predicted molar refractivity (Wildman–Crippen MR) is 105 cm³/mol. The standard InChI is InChI=1S/C22H22FN3O2/c1-15-13-25(14-16(2)28-15)22(27)21-12-20(17-8-10-18(23)11-9-17)24-26(21)19-6-4-3-5-7-19/h3-12,15-16H,13-14H2,1-2H3/t15-,16+. The second kappa shape index (κ2) is 7.56. The van der Waals surface area contributed by atoms with E-state index >= 15 is 0 Å². The van der Waals surface area contributed by atoms with Gasteiger partial charge in [-0.2, -0.15) is 5.10 Å². The third kappa shape index (κ3) is 3.68. The second-order valence-electron chi connectivity index (χ2n) is 7.14. The summed E-state index contributed by atoms with van der Waals surface area (Å²) in [6.07, 6.45) is -0.0327. The molecular formula is C22H22FN3O2. The summed E-state index contributed by atoms with van der Waals surface area (Å²) in [5.74, 6) is -0.398. The predicted octanol–water partition coefficient (Wildman–Crippen LogP) is 3.93. The van der Waals surface area contributed by atoms with Crippen molar-refractivity contribution in [3.63, 3.8) is 0 Å². The molecule has 28 heavy (non-hydrogen) atoms. The van der Waals surface area contributed by atoms with Gasteiger partial charge in [-0.3, -0.25) is 4.79 Å². The molecule has 1 aliphatic heterocycles. The molecule has 0 saturated carbocycles. The molecule has 2 atom stereocenters. The van der Waals surface area contributed by atoms with Gasteiger partial charge in [-0.25, -0.2) is 9.07 Å². The molecule has 0 spiro atoms. The van der Waals surface area contributed by atoms with Crippen LogP contribution < -0.4 is 0 Å². The molecule has 144 valence electrons. The fourth-order valence-corrected chi connectivity index (χ4v) is 3.57. The van der Waals surface area contributed by atoms with Crippen LogP contribution in [0, 0.1) is 5.82 Å². The van der Waals surface area contributed by atoms with Gasteiger partial charge in [0.25, 0.3) is 5.91 Å². The largest absolute Gasteiger partial charge is 0.372 e. The van der Waals surface area contributed by atoms with E-state index in [4.69, 9.17) is 4.74 Å². The van der Waals surface area contributed by atoms with E-state index in [-0.39, 0.29) is 23.9 Å². The molecule has 1 aromatic heterocycles. The van der Waals surface area contributed by atoms with Gasteiger partial charge in [0.05, 0.1) is 23.6 Å². The minimum absolute atomic E-state index is 0.0163. The van der Waals surface area contributed by atoms with Gasteiger partial charge >= 0.3 is 0 Å². The Morgan fingerprint density at radius 1 is 1.04 bits per heavy atom. The lowest BCUT2D eigenvalue weighted by Gasteiger charge is -2.35.